The lowest BCUT2D eigenvalue weighted by atomic mass is 10.2. The molecule has 7 heteroatoms. The molecule has 0 radical (unpaired) electrons. The van der Waals surface area contributed by atoms with E-state index in [0.717, 1.165) is 11.3 Å². The lowest BCUT2D eigenvalue weighted by molar-refractivity contribution is -0.113. The molecule has 0 aliphatic rings. The lowest BCUT2D eigenvalue weighted by Gasteiger charge is -2.08. The Balaban J connectivity index is 1.72. The summed E-state index contributed by atoms with van der Waals surface area (Å²) in [6.07, 6.45) is 1.73. The molecule has 2 aromatic carbocycles. The lowest BCUT2D eigenvalue weighted by Crippen LogP contribution is -2.14. The summed E-state index contributed by atoms with van der Waals surface area (Å²) in [5.74, 6) is 0.373. The summed E-state index contributed by atoms with van der Waals surface area (Å²) in [5.41, 5.74) is 1.50. The number of benzene rings is 2. The van der Waals surface area contributed by atoms with Crippen molar-refractivity contribution in [2.45, 2.75) is 11.7 Å². The average molecular weight is 368 g/mol. The SMILES string of the molecule is C=CCn1c(SCC(=O)Nc2ccccc2)nnc1-c1ccc(F)cc1. The van der Waals surface area contributed by atoms with Crippen LogP contribution in [0.4, 0.5) is 10.1 Å². The van der Waals surface area contributed by atoms with Gasteiger partial charge in [0.15, 0.2) is 11.0 Å². The van der Waals surface area contributed by atoms with E-state index < -0.39 is 0 Å². The van der Waals surface area contributed by atoms with Gasteiger partial charge in [-0.25, -0.2) is 4.39 Å². The zero-order valence-corrected chi connectivity index (χ0v) is 14.7. The zero-order chi connectivity index (χ0) is 18.4. The summed E-state index contributed by atoms with van der Waals surface area (Å²) in [7, 11) is 0. The van der Waals surface area contributed by atoms with Crippen molar-refractivity contribution in [3.8, 4) is 11.4 Å². The fourth-order valence-electron chi connectivity index (χ4n) is 2.35. The van der Waals surface area contributed by atoms with Crippen LogP contribution < -0.4 is 5.32 Å². The number of hydrogen-bond acceptors (Lipinski definition) is 4. The molecule has 3 rings (SSSR count). The van der Waals surface area contributed by atoms with Crippen molar-refractivity contribution < 1.29 is 9.18 Å². The van der Waals surface area contributed by atoms with Crippen LogP contribution in [0.5, 0.6) is 0 Å². The number of anilines is 1. The summed E-state index contributed by atoms with van der Waals surface area (Å²) >= 11 is 1.29. The monoisotopic (exact) mass is 368 g/mol. The Morgan fingerprint density at radius 1 is 1.15 bits per heavy atom. The van der Waals surface area contributed by atoms with E-state index in [9.17, 15) is 9.18 Å². The van der Waals surface area contributed by atoms with Crippen molar-refractivity contribution in [1.29, 1.82) is 0 Å². The predicted molar refractivity (Wildman–Crippen MR) is 101 cm³/mol. The van der Waals surface area contributed by atoms with Crippen LogP contribution >= 0.6 is 11.8 Å². The molecule has 3 aromatic rings. The topological polar surface area (TPSA) is 59.8 Å². The van der Waals surface area contributed by atoms with E-state index >= 15 is 0 Å². The Hall–Kier alpha value is -2.93. The molecule has 0 fully saturated rings. The van der Waals surface area contributed by atoms with Crippen molar-refractivity contribution in [3.63, 3.8) is 0 Å². The number of allylic oxidation sites excluding steroid dienone is 1. The van der Waals surface area contributed by atoms with Gasteiger partial charge < -0.3 is 5.32 Å². The van der Waals surface area contributed by atoms with Crippen LogP contribution in [0.2, 0.25) is 0 Å². The zero-order valence-electron chi connectivity index (χ0n) is 13.9. The van der Waals surface area contributed by atoms with Gasteiger partial charge in [0.25, 0.3) is 0 Å². The fourth-order valence-corrected chi connectivity index (χ4v) is 3.10. The summed E-state index contributed by atoms with van der Waals surface area (Å²) in [5, 5.41) is 11.8. The molecule has 0 atom stereocenters. The van der Waals surface area contributed by atoms with E-state index in [0.29, 0.717) is 17.5 Å². The van der Waals surface area contributed by atoms with Crippen molar-refractivity contribution in [2.75, 3.05) is 11.1 Å². The first-order valence-corrected chi connectivity index (χ1v) is 8.93. The first-order chi connectivity index (χ1) is 12.7. The number of amides is 1. The number of nitrogens with one attached hydrogen (secondary N) is 1. The van der Waals surface area contributed by atoms with Crippen molar-refractivity contribution in [2.24, 2.45) is 0 Å². The molecule has 0 saturated heterocycles. The molecule has 0 spiro atoms. The van der Waals surface area contributed by atoms with E-state index in [-0.39, 0.29) is 17.5 Å². The molecule has 0 aliphatic carbocycles. The Kier molecular flexibility index (Phi) is 5.80. The standard InChI is InChI=1S/C19H17FN4OS/c1-2-12-24-18(14-8-10-15(20)11-9-14)22-23-19(24)26-13-17(25)21-16-6-4-3-5-7-16/h2-11H,1,12-13H2,(H,21,25). The first kappa shape index (κ1) is 17.9. The van der Waals surface area contributed by atoms with E-state index in [2.05, 4.69) is 22.1 Å². The highest BCUT2D eigenvalue weighted by atomic mass is 32.2. The summed E-state index contributed by atoms with van der Waals surface area (Å²) in [4.78, 5) is 12.1. The second-order valence-corrected chi connectivity index (χ2v) is 6.36. The van der Waals surface area contributed by atoms with E-state index in [1.54, 1.807) is 18.2 Å². The third-order valence-corrected chi connectivity index (χ3v) is 4.49. The Morgan fingerprint density at radius 3 is 2.58 bits per heavy atom. The van der Waals surface area contributed by atoms with E-state index in [1.165, 1.54) is 23.9 Å². The summed E-state index contributed by atoms with van der Waals surface area (Å²) in [6.45, 7) is 4.24. The number of aromatic nitrogens is 3. The van der Waals surface area contributed by atoms with E-state index in [1.807, 2.05) is 34.9 Å². The smallest absolute Gasteiger partial charge is 0.234 e. The van der Waals surface area contributed by atoms with Gasteiger partial charge in [0.1, 0.15) is 5.82 Å². The summed E-state index contributed by atoms with van der Waals surface area (Å²) in [6, 6.07) is 15.3. The number of carbonyl (C=O) groups excluding carboxylic acids is 1. The molecule has 0 aliphatic heterocycles. The number of para-hydroxylation sites is 1. The number of nitrogens with zero attached hydrogens (tertiary/aromatic N) is 3. The van der Waals surface area contributed by atoms with Crippen LogP contribution in [-0.2, 0) is 11.3 Å². The third-order valence-electron chi connectivity index (χ3n) is 3.52. The van der Waals surface area contributed by atoms with Crippen LogP contribution in [0, 0.1) is 5.82 Å². The predicted octanol–water partition coefficient (Wildman–Crippen LogP) is 4.00. The van der Waals surface area contributed by atoms with Gasteiger partial charge in [-0.3, -0.25) is 9.36 Å². The maximum atomic E-state index is 13.1. The van der Waals surface area contributed by atoms with Crippen LogP contribution in [-0.4, -0.2) is 26.4 Å². The van der Waals surface area contributed by atoms with Gasteiger partial charge in [-0.2, -0.15) is 0 Å². The molecule has 0 saturated carbocycles. The largest absolute Gasteiger partial charge is 0.325 e. The minimum atomic E-state index is -0.310. The maximum absolute atomic E-state index is 13.1. The number of carbonyl (C=O) groups is 1. The number of hydrogen-bond donors (Lipinski definition) is 1. The third kappa shape index (κ3) is 4.37. The van der Waals surface area contributed by atoms with Crippen molar-refractivity contribution in [3.05, 3.63) is 73.1 Å². The molecular weight excluding hydrogens is 351 g/mol. The van der Waals surface area contributed by atoms with Gasteiger partial charge in [0.2, 0.25) is 5.91 Å². The quantitative estimate of drug-likeness (QED) is 0.506. The van der Waals surface area contributed by atoms with Crippen LogP contribution in [0.15, 0.2) is 72.4 Å². The van der Waals surface area contributed by atoms with Crippen molar-refractivity contribution >= 4 is 23.4 Å². The maximum Gasteiger partial charge on any atom is 0.234 e. The van der Waals surface area contributed by atoms with Gasteiger partial charge in [-0.15, -0.1) is 16.8 Å². The molecule has 1 aromatic heterocycles. The van der Waals surface area contributed by atoms with Gasteiger partial charge in [0, 0.05) is 17.8 Å². The van der Waals surface area contributed by atoms with Gasteiger partial charge in [0.05, 0.1) is 5.75 Å². The molecule has 1 amide bonds. The summed E-state index contributed by atoms with van der Waals surface area (Å²) < 4.78 is 15.0. The van der Waals surface area contributed by atoms with Gasteiger partial charge in [-0.05, 0) is 36.4 Å². The highest BCUT2D eigenvalue weighted by Gasteiger charge is 2.15. The Bertz CT molecular complexity index is 894. The normalized spacial score (nSPS) is 10.5. The molecular formula is C19H17FN4OS. The molecule has 1 N–H and O–H groups in total. The molecule has 132 valence electrons. The Morgan fingerprint density at radius 2 is 1.88 bits per heavy atom. The van der Waals surface area contributed by atoms with Crippen LogP contribution in [0.3, 0.4) is 0 Å². The van der Waals surface area contributed by atoms with Crippen molar-refractivity contribution in [1.82, 2.24) is 14.8 Å². The number of thioether (sulfide) groups is 1. The molecule has 1 heterocycles. The minimum absolute atomic E-state index is 0.127. The van der Waals surface area contributed by atoms with Crippen LogP contribution in [0.1, 0.15) is 0 Å². The molecule has 26 heavy (non-hydrogen) atoms. The second kappa shape index (κ2) is 8.44. The second-order valence-electron chi connectivity index (χ2n) is 5.42. The van der Waals surface area contributed by atoms with E-state index in [4.69, 9.17) is 0 Å². The average Bonchev–Trinajstić information content (AvgIpc) is 3.05. The molecule has 5 nitrogen and oxygen atoms in total. The van der Waals surface area contributed by atoms with Gasteiger partial charge in [-0.1, -0.05) is 36.0 Å². The first-order valence-electron chi connectivity index (χ1n) is 7.95. The number of halogens is 1. The van der Waals surface area contributed by atoms with Crippen LogP contribution in [0.25, 0.3) is 11.4 Å². The minimum Gasteiger partial charge on any atom is -0.325 e. The highest BCUT2D eigenvalue weighted by molar-refractivity contribution is 7.99. The molecule has 0 bridgehead atoms. The highest BCUT2D eigenvalue weighted by Crippen LogP contribution is 2.24. The fraction of sp³-hybridized carbons (Fsp3) is 0.105. The number of rotatable bonds is 7. The molecule has 0 unspecified atom stereocenters. The van der Waals surface area contributed by atoms with Gasteiger partial charge >= 0.3 is 0 Å². The Labute approximate surface area is 155 Å².